The number of rotatable bonds is 9. The van der Waals surface area contributed by atoms with Crippen molar-refractivity contribution in [2.24, 2.45) is 0 Å². The third-order valence-corrected chi connectivity index (χ3v) is 4.72. The first-order valence-corrected chi connectivity index (χ1v) is 9.72. The Hall–Kier alpha value is -3.12. The van der Waals surface area contributed by atoms with Crippen LogP contribution in [-0.4, -0.2) is 43.6 Å². The molecule has 152 valence electrons. The highest BCUT2D eigenvalue weighted by atomic mass is 16.5. The van der Waals surface area contributed by atoms with E-state index in [2.05, 4.69) is 5.32 Å². The molecule has 1 aliphatic rings. The Morgan fingerprint density at radius 1 is 1.03 bits per heavy atom. The summed E-state index contributed by atoms with van der Waals surface area (Å²) in [5.74, 6) is -0.0358. The Morgan fingerprint density at radius 3 is 2.48 bits per heavy atom. The molecule has 1 heterocycles. The number of nitrogens with zero attached hydrogens (tertiary/aromatic N) is 1. The van der Waals surface area contributed by atoms with Crippen LogP contribution in [0.5, 0.6) is 5.75 Å². The Labute approximate surface area is 171 Å². The maximum Gasteiger partial charge on any atom is 0.278 e. The Bertz CT molecular complexity index is 922. The number of anilines is 1. The molecule has 0 aromatic heterocycles. The number of methoxy groups -OCH3 is 1. The Balaban J connectivity index is 1.97. The summed E-state index contributed by atoms with van der Waals surface area (Å²) in [7, 11) is 1.57. The van der Waals surface area contributed by atoms with Crippen LogP contribution in [0.4, 0.5) is 5.69 Å². The van der Waals surface area contributed by atoms with Gasteiger partial charge in [0.05, 0.1) is 18.4 Å². The summed E-state index contributed by atoms with van der Waals surface area (Å²) in [6.45, 7) is 5.29. The van der Waals surface area contributed by atoms with Crippen LogP contribution in [0.3, 0.4) is 0 Å². The molecule has 0 atom stereocenters. The van der Waals surface area contributed by atoms with Crippen LogP contribution in [0.1, 0.15) is 24.5 Å². The van der Waals surface area contributed by atoms with E-state index in [-0.39, 0.29) is 17.5 Å². The second-order valence-corrected chi connectivity index (χ2v) is 6.76. The first-order valence-electron chi connectivity index (χ1n) is 9.72. The molecule has 1 aliphatic heterocycles. The molecule has 0 unspecified atom stereocenters. The minimum absolute atomic E-state index is 0.265. The van der Waals surface area contributed by atoms with Gasteiger partial charge in [-0.3, -0.25) is 14.5 Å². The summed E-state index contributed by atoms with van der Waals surface area (Å²) in [4.78, 5) is 27.6. The summed E-state index contributed by atoms with van der Waals surface area (Å²) in [6.07, 6.45) is 0.592. The second kappa shape index (κ2) is 9.39. The standard InChI is InChI=1S/C23H26N2O4/c1-4-29-14-8-13-25-22(26)20(17-9-6-5-7-10-17)21(23(25)27)24-18-15-16(2)11-12-19(18)28-3/h5-7,9-12,15,24H,4,8,13-14H2,1-3H3. The van der Waals surface area contributed by atoms with Crippen molar-refractivity contribution in [3.8, 4) is 5.75 Å². The highest BCUT2D eigenvalue weighted by molar-refractivity contribution is 6.36. The van der Waals surface area contributed by atoms with Gasteiger partial charge in [0.1, 0.15) is 11.4 Å². The first-order chi connectivity index (χ1) is 14.1. The van der Waals surface area contributed by atoms with Crippen molar-refractivity contribution in [2.45, 2.75) is 20.3 Å². The van der Waals surface area contributed by atoms with E-state index >= 15 is 0 Å². The van der Waals surface area contributed by atoms with Crippen LogP contribution in [-0.2, 0) is 14.3 Å². The van der Waals surface area contributed by atoms with Gasteiger partial charge >= 0.3 is 0 Å². The third kappa shape index (κ3) is 4.49. The molecule has 0 bridgehead atoms. The van der Waals surface area contributed by atoms with E-state index in [1.807, 2.05) is 62.4 Å². The molecule has 0 saturated heterocycles. The molecule has 0 saturated carbocycles. The second-order valence-electron chi connectivity index (χ2n) is 6.76. The van der Waals surface area contributed by atoms with Crippen molar-refractivity contribution in [1.82, 2.24) is 4.90 Å². The van der Waals surface area contributed by atoms with E-state index in [1.54, 1.807) is 7.11 Å². The zero-order valence-corrected chi connectivity index (χ0v) is 17.0. The smallest absolute Gasteiger partial charge is 0.278 e. The van der Waals surface area contributed by atoms with Crippen LogP contribution in [0.15, 0.2) is 54.2 Å². The molecular formula is C23H26N2O4. The topological polar surface area (TPSA) is 67.9 Å². The predicted octanol–water partition coefficient (Wildman–Crippen LogP) is 3.62. The summed E-state index contributed by atoms with van der Waals surface area (Å²) >= 11 is 0. The number of hydrogen-bond acceptors (Lipinski definition) is 5. The molecule has 2 aromatic rings. The molecule has 0 aliphatic carbocycles. The molecule has 1 N–H and O–H groups in total. The largest absolute Gasteiger partial charge is 0.495 e. The molecule has 2 aromatic carbocycles. The SMILES string of the molecule is CCOCCCN1C(=O)C(Nc2cc(C)ccc2OC)=C(c2ccccc2)C1=O. The fourth-order valence-corrected chi connectivity index (χ4v) is 3.29. The number of carbonyl (C=O) groups excluding carboxylic acids is 2. The van der Waals surface area contributed by atoms with E-state index in [0.717, 1.165) is 5.56 Å². The summed E-state index contributed by atoms with van der Waals surface area (Å²) in [5, 5.41) is 3.17. The number of imide groups is 1. The Morgan fingerprint density at radius 2 is 1.79 bits per heavy atom. The lowest BCUT2D eigenvalue weighted by Crippen LogP contribution is -2.34. The van der Waals surface area contributed by atoms with Crippen molar-refractivity contribution in [2.75, 3.05) is 32.2 Å². The maximum absolute atomic E-state index is 13.2. The lowest BCUT2D eigenvalue weighted by Gasteiger charge is -2.16. The van der Waals surface area contributed by atoms with Crippen molar-refractivity contribution < 1.29 is 19.1 Å². The van der Waals surface area contributed by atoms with Gasteiger partial charge in [0.25, 0.3) is 11.8 Å². The molecule has 6 heteroatoms. The van der Waals surface area contributed by atoms with Gasteiger partial charge in [-0.05, 0) is 43.5 Å². The average molecular weight is 394 g/mol. The third-order valence-electron chi connectivity index (χ3n) is 4.72. The Kier molecular flexibility index (Phi) is 6.67. The highest BCUT2D eigenvalue weighted by Gasteiger charge is 2.39. The first kappa shape index (κ1) is 20.6. The number of aryl methyl sites for hydroxylation is 1. The van der Waals surface area contributed by atoms with Gasteiger partial charge in [0, 0.05) is 19.8 Å². The number of amides is 2. The van der Waals surface area contributed by atoms with Crippen LogP contribution in [0, 0.1) is 6.92 Å². The van der Waals surface area contributed by atoms with Crippen LogP contribution in [0.2, 0.25) is 0 Å². The monoisotopic (exact) mass is 394 g/mol. The van der Waals surface area contributed by atoms with Gasteiger partial charge in [-0.25, -0.2) is 0 Å². The molecular weight excluding hydrogens is 368 g/mol. The van der Waals surface area contributed by atoms with Crippen LogP contribution >= 0.6 is 0 Å². The minimum Gasteiger partial charge on any atom is -0.495 e. The van der Waals surface area contributed by atoms with Crippen molar-refractivity contribution in [3.63, 3.8) is 0 Å². The van der Waals surface area contributed by atoms with Crippen molar-refractivity contribution >= 4 is 23.1 Å². The van der Waals surface area contributed by atoms with Gasteiger partial charge in [-0.1, -0.05) is 36.4 Å². The molecule has 0 radical (unpaired) electrons. The van der Waals surface area contributed by atoms with Gasteiger partial charge in [0.2, 0.25) is 0 Å². The molecule has 29 heavy (non-hydrogen) atoms. The number of carbonyl (C=O) groups is 2. The molecule has 2 amide bonds. The molecule has 0 spiro atoms. The van der Waals surface area contributed by atoms with E-state index in [0.29, 0.717) is 48.8 Å². The number of benzene rings is 2. The van der Waals surface area contributed by atoms with E-state index < -0.39 is 0 Å². The normalized spacial score (nSPS) is 14.0. The fourth-order valence-electron chi connectivity index (χ4n) is 3.29. The number of nitrogens with one attached hydrogen (secondary N) is 1. The molecule has 3 rings (SSSR count). The molecule has 0 fully saturated rings. The maximum atomic E-state index is 13.2. The zero-order valence-electron chi connectivity index (χ0n) is 17.0. The lowest BCUT2D eigenvalue weighted by atomic mass is 10.0. The van der Waals surface area contributed by atoms with Gasteiger partial charge < -0.3 is 14.8 Å². The van der Waals surface area contributed by atoms with Crippen LogP contribution in [0.25, 0.3) is 5.57 Å². The van der Waals surface area contributed by atoms with E-state index in [1.165, 1.54) is 4.90 Å². The summed E-state index contributed by atoms with van der Waals surface area (Å²) < 4.78 is 10.8. The van der Waals surface area contributed by atoms with Gasteiger partial charge in [-0.15, -0.1) is 0 Å². The molecule has 6 nitrogen and oxygen atoms in total. The average Bonchev–Trinajstić information content (AvgIpc) is 2.96. The van der Waals surface area contributed by atoms with Gasteiger partial charge in [-0.2, -0.15) is 0 Å². The number of ether oxygens (including phenoxy) is 2. The summed E-state index contributed by atoms with van der Waals surface area (Å²) in [6, 6.07) is 14.9. The lowest BCUT2D eigenvalue weighted by molar-refractivity contribution is -0.137. The van der Waals surface area contributed by atoms with Gasteiger partial charge in [0.15, 0.2) is 0 Å². The van der Waals surface area contributed by atoms with Crippen molar-refractivity contribution in [3.05, 3.63) is 65.4 Å². The fraction of sp³-hybridized carbons (Fsp3) is 0.304. The van der Waals surface area contributed by atoms with E-state index in [4.69, 9.17) is 9.47 Å². The number of hydrogen-bond donors (Lipinski definition) is 1. The zero-order chi connectivity index (χ0) is 20.8. The van der Waals surface area contributed by atoms with Crippen LogP contribution < -0.4 is 10.1 Å². The van der Waals surface area contributed by atoms with E-state index in [9.17, 15) is 9.59 Å². The minimum atomic E-state index is -0.339. The summed E-state index contributed by atoms with van der Waals surface area (Å²) in [5.41, 5.74) is 3.00. The predicted molar refractivity (Wildman–Crippen MR) is 113 cm³/mol. The quantitative estimate of drug-likeness (QED) is 0.520. The highest BCUT2D eigenvalue weighted by Crippen LogP contribution is 2.33. The van der Waals surface area contributed by atoms with Crippen molar-refractivity contribution in [1.29, 1.82) is 0 Å².